The fourth-order valence-corrected chi connectivity index (χ4v) is 3.51. The third-order valence-corrected chi connectivity index (χ3v) is 4.87. The molecule has 2 amide bonds. The lowest BCUT2D eigenvalue weighted by Crippen LogP contribution is -2.20. The molecule has 0 unspecified atom stereocenters. The highest BCUT2D eigenvalue weighted by Gasteiger charge is 2.13. The SMILES string of the molecule is N#C/C(=C\c1ccccc1OCC(=O)Nc1nccs1)C(=O)Nc1cc(Cl)cc(Cl)c1. The van der Waals surface area contributed by atoms with Gasteiger partial charge in [0.2, 0.25) is 0 Å². The summed E-state index contributed by atoms with van der Waals surface area (Å²) >= 11 is 13.2. The number of benzene rings is 2. The number of anilines is 2. The first-order valence-corrected chi connectivity index (χ1v) is 10.4. The predicted molar refractivity (Wildman–Crippen MR) is 121 cm³/mol. The Hall–Kier alpha value is -3.38. The lowest BCUT2D eigenvalue weighted by molar-refractivity contribution is -0.118. The van der Waals surface area contributed by atoms with E-state index in [0.717, 1.165) is 0 Å². The topological polar surface area (TPSA) is 104 Å². The molecule has 0 bridgehead atoms. The first-order valence-electron chi connectivity index (χ1n) is 8.75. The molecule has 3 aromatic rings. The summed E-state index contributed by atoms with van der Waals surface area (Å²) in [6.45, 7) is -0.264. The van der Waals surface area contributed by atoms with Crippen molar-refractivity contribution in [1.82, 2.24) is 4.98 Å². The van der Waals surface area contributed by atoms with E-state index in [4.69, 9.17) is 27.9 Å². The Bertz CT molecular complexity index is 1150. The third-order valence-electron chi connectivity index (χ3n) is 3.74. The number of halogens is 2. The van der Waals surface area contributed by atoms with Gasteiger partial charge in [-0.25, -0.2) is 4.98 Å². The fourth-order valence-electron chi connectivity index (χ4n) is 2.44. The maximum atomic E-state index is 12.5. The van der Waals surface area contributed by atoms with Crippen molar-refractivity contribution < 1.29 is 14.3 Å². The van der Waals surface area contributed by atoms with Gasteiger partial charge in [0.05, 0.1) is 0 Å². The number of carbonyl (C=O) groups is 2. The lowest BCUT2D eigenvalue weighted by atomic mass is 10.1. The molecule has 3 rings (SSSR count). The van der Waals surface area contributed by atoms with Gasteiger partial charge in [-0.15, -0.1) is 11.3 Å². The minimum Gasteiger partial charge on any atom is -0.483 e. The summed E-state index contributed by atoms with van der Waals surface area (Å²) in [6, 6.07) is 13.1. The molecule has 2 aromatic carbocycles. The molecule has 1 heterocycles. The second-order valence-electron chi connectivity index (χ2n) is 5.99. The quantitative estimate of drug-likeness (QED) is 0.371. The molecule has 31 heavy (non-hydrogen) atoms. The Kier molecular flexibility index (Phi) is 7.62. The maximum absolute atomic E-state index is 12.5. The monoisotopic (exact) mass is 472 g/mol. The van der Waals surface area contributed by atoms with Crippen molar-refractivity contribution in [3.05, 3.63) is 75.2 Å². The Balaban J connectivity index is 1.72. The van der Waals surface area contributed by atoms with Gasteiger partial charge in [0.15, 0.2) is 11.7 Å². The van der Waals surface area contributed by atoms with Gasteiger partial charge in [-0.05, 0) is 30.3 Å². The normalized spacial score (nSPS) is 10.8. The van der Waals surface area contributed by atoms with Crippen molar-refractivity contribution in [3.8, 4) is 11.8 Å². The van der Waals surface area contributed by atoms with Crippen LogP contribution in [0.5, 0.6) is 5.75 Å². The van der Waals surface area contributed by atoms with Crippen molar-refractivity contribution in [2.24, 2.45) is 0 Å². The van der Waals surface area contributed by atoms with Gasteiger partial charge in [-0.3, -0.25) is 14.9 Å². The average Bonchev–Trinajstić information content (AvgIpc) is 3.23. The summed E-state index contributed by atoms with van der Waals surface area (Å²) in [5.74, 6) is -0.690. The van der Waals surface area contributed by atoms with Gasteiger partial charge in [0.25, 0.3) is 11.8 Å². The number of hydrogen-bond acceptors (Lipinski definition) is 6. The van der Waals surface area contributed by atoms with Crippen LogP contribution in [0, 0.1) is 11.3 Å². The Labute approximate surface area is 191 Å². The summed E-state index contributed by atoms with van der Waals surface area (Å²) in [5, 5.41) is 17.5. The summed E-state index contributed by atoms with van der Waals surface area (Å²) < 4.78 is 5.57. The average molecular weight is 473 g/mol. The van der Waals surface area contributed by atoms with Crippen LogP contribution in [-0.4, -0.2) is 23.4 Å². The van der Waals surface area contributed by atoms with Crippen molar-refractivity contribution >= 4 is 63.2 Å². The number of aromatic nitrogens is 1. The van der Waals surface area contributed by atoms with E-state index in [0.29, 0.717) is 32.2 Å². The number of thiazole rings is 1. The molecule has 0 spiro atoms. The molecule has 0 aliphatic heterocycles. The highest BCUT2D eigenvalue weighted by atomic mass is 35.5. The molecule has 7 nitrogen and oxygen atoms in total. The van der Waals surface area contributed by atoms with Crippen LogP contribution in [0.25, 0.3) is 6.08 Å². The highest BCUT2D eigenvalue weighted by Crippen LogP contribution is 2.24. The summed E-state index contributed by atoms with van der Waals surface area (Å²) in [5.41, 5.74) is 0.645. The first-order chi connectivity index (χ1) is 14.9. The molecule has 2 N–H and O–H groups in total. The van der Waals surface area contributed by atoms with E-state index in [1.165, 1.54) is 35.6 Å². The summed E-state index contributed by atoms with van der Waals surface area (Å²) in [7, 11) is 0. The van der Waals surface area contributed by atoms with E-state index >= 15 is 0 Å². The number of amides is 2. The van der Waals surface area contributed by atoms with E-state index in [1.807, 2.05) is 6.07 Å². The predicted octanol–water partition coefficient (Wildman–Crippen LogP) is 5.01. The number of para-hydroxylation sites is 1. The molecule has 0 saturated heterocycles. The molecule has 0 aliphatic rings. The second kappa shape index (κ2) is 10.6. The number of ether oxygens (including phenoxy) is 1. The van der Waals surface area contributed by atoms with Crippen molar-refractivity contribution in [3.63, 3.8) is 0 Å². The summed E-state index contributed by atoms with van der Waals surface area (Å²) in [6.07, 6.45) is 2.95. The molecule has 0 aliphatic carbocycles. The number of hydrogen-bond donors (Lipinski definition) is 2. The van der Waals surface area contributed by atoms with Crippen LogP contribution in [0.15, 0.2) is 59.6 Å². The van der Waals surface area contributed by atoms with Crippen LogP contribution < -0.4 is 15.4 Å². The molecule has 156 valence electrons. The largest absolute Gasteiger partial charge is 0.483 e. The summed E-state index contributed by atoms with van der Waals surface area (Å²) in [4.78, 5) is 28.5. The second-order valence-corrected chi connectivity index (χ2v) is 7.76. The van der Waals surface area contributed by atoms with E-state index < -0.39 is 5.91 Å². The Morgan fingerprint density at radius 1 is 1.16 bits per heavy atom. The number of nitriles is 1. The van der Waals surface area contributed by atoms with E-state index in [1.54, 1.807) is 35.8 Å². The van der Waals surface area contributed by atoms with Gasteiger partial charge in [-0.1, -0.05) is 41.4 Å². The van der Waals surface area contributed by atoms with Crippen molar-refractivity contribution in [2.75, 3.05) is 17.2 Å². The van der Waals surface area contributed by atoms with Gasteiger partial charge < -0.3 is 10.1 Å². The number of nitrogens with one attached hydrogen (secondary N) is 2. The molecular weight excluding hydrogens is 459 g/mol. The van der Waals surface area contributed by atoms with Gasteiger partial charge in [0, 0.05) is 32.9 Å². The molecule has 0 saturated carbocycles. The zero-order valence-corrected chi connectivity index (χ0v) is 18.1. The Morgan fingerprint density at radius 3 is 2.58 bits per heavy atom. The van der Waals surface area contributed by atoms with Crippen LogP contribution in [0.3, 0.4) is 0 Å². The lowest BCUT2D eigenvalue weighted by Gasteiger charge is -2.10. The van der Waals surface area contributed by atoms with E-state index in [9.17, 15) is 14.9 Å². The highest BCUT2D eigenvalue weighted by molar-refractivity contribution is 7.13. The number of nitrogens with zero attached hydrogens (tertiary/aromatic N) is 2. The van der Waals surface area contributed by atoms with Gasteiger partial charge >= 0.3 is 0 Å². The van der Waals surface area contributed by atoms with Crippen molar-refractivity contribution in [1.29, 1.82) is 5.26 Å². The first kappa shape index (κ1) is 22.3. The fraction of sp³-hybridized carbons (Fsp3) is 0.0476. The smallest absolute Gasteiger partial charge is 0.266 e. The maximum Gasteiger partial charge on any atom is 0.266 e. The molecule has 1 aromatic heterocycles. The third kappa shape index (κ3) is 6.55. The molecule has 0 radical (unpaired) electrons. The minimum absolute atomic E-state index is 0.167. The van der Waals surface area contributed by atoms with Gasteiger partial charge in [0.1, 0.15) is 17.4 Å². The number of rotatable bonds is 7. The van der Waals surface area contributed by atoms with Crippen molar-refractivity contribution in [2.45, 2.75) is 0 Å². The standard InChI is InChI=1S/C21H14Cl2N4O3S/c22-15-8-16(23)10-17(9-15)26-20(29)14(11-24)7-13-3-1-2-4-18(13)30-12-19(28)27-21-25-5-6-31-21/h1-10H,12H2,(H,26,29)(H,25,27,28)/b14-7+. The molecule has 0 atom stereocenters. The van der Waals surface area contributed by atoms with E-state index in [-0.39, 0.29) is 18.1 Å². The number of carbonyl (C=O) groups excluding carboxylic acids is 2. The van der Waals surface area contributed by atoms with Crippen LogP contribution in [0.1, 0.15) is 5.56 Å². The zero-order valence-electron chi connectivity index (χ0n) is 15.8. The van der Waals surface area contributed by atoms with E-state index in [2.05, 4.69) is 15.6 Å². The van der Waals surface area contributed by atoms with Crippen LogP contribution in [0.4, 0.5) is 10.8 Å². The molecule has 0 fully saturated rings. The van der Waals surface area contributed by atoms with Gasteiger partial charge in [-0.2, -0.15) is 5.26 Å². The molecule has 10 heteroatoms. The zero-order chi connectivity index (χ0) is 22.2. The molecular formula is C21H14Cl2N4O3S. The van der Waals surface area contributed by atoms with Crippen LogP contribution in [0.2, 0.25) is 10.0 Å². The van der Waals surface area contributed by atoms with Crippen LogP contribution >= 0.6 is 34.5 Å². The minimum atomic E-state index is -0.642. The Morgan fingerprint density at radius 2 is 1.90 bits per heavy atom. The van der Waals surface area contributed by atoms with Crippen LogP contribution in [-0.2, 0) is 9.59 Å².